The van der Waals surface area contributed by atoms with E-state index in [0.29, 0.717) is 12.8 Å². The van der Waals surface area contributed by atoms with Crippen molar-refractivity contribution in [3.8, 4) is 0 Å². The number of amides is 4. The molecule has 4 amide bonds. The summed E-state index contributed by atoms with van der Waals surface area (Å²) in [5.74, 6) is -2.58. The zero-order chi connectivity index (χ0) is 25.6. The van der Waals surface area contributed by atoms with Crippen LogP contribution in [0.25, 0.3) is 0 Å². The van der Waals surface area contributed by atoms with E-state index < -0.39 is 45.7 Å². The molecule has 0 aromatic carbocycles. The molecule has 4 unspecified atom stereocenters. The van der Waals surface area contributed by atoms with E-state index in [4.69, 9.17) is 10.5 Å². The summed E-state index contributed by atoms with van der Waals surface area (Å²) in [6, 6.07) is -0.223. The Labute approximate surface area is 204 Å². The van der Waals surface area contributed by atoms with Crippen LogP contribution in [0.1, 0.15) is 51.4 Å². The number of carbonyl (C=O) groups is 4. The predicted molar refractivity (Wildman–Crippen MR) is 126 cm³/mol. The van der Waals surface area contributed by atoms with Gasteiger partial charge >= 0.3 is 16.3 Å². The van der Waals surface area contributed by atoms with Crippen LogP contribution in [-0.2, 0) is 29.3 Å². The van der Waals surface area contributed by atoms with Crippen LogP contribution in [-0.4, -0.2) is 67.9 Å². The summed E-state index contributed by atoms with van der Waals surface area (Å²) in [5, 5.41) is 2.81. The van der Waals surface area contributed by atoms with Gasteiger partial charge < -0.3 is 20.7 Å². The van der Waals surface area contributed by atoms with E-state index in [1.54, 1.807) is 0 Å². The minimum Gasteiger partial charge on any atom is -0.436 e. The van der Waals surface area contributed by atoms with Crippen LogP contribution in [0.4, 0.5) is 4.79 Å². The van der Waals surface area contributed by atoms with Crippen LogP contribution >= 0.6 is 0 Å². The summed E-state index contributed by atoms with van der Waals surface area (Å²) in [4.78, 5) is 53.0. The van der Waals surface area contributed by atoms with Gasteiger partial charge in [-0.2, -0.15) is 13.1 Å². The highest BCUT2D eigenvalue weighted by atomic mass is 32.2. The molecular weight excluding hydrogens is 478 g/mol. The fraction of sp³-hybridized carbons (Fsp3) is 0.636. The van der Waals surface area contributed by atoms with Gasteiger partial charge in [0.1, 0.15) is 0 Å². The maximum Gasteiger partial charge on any atom is 0.405 e. The van der Waals surface area contributed by atoms with Gasteiger partial charge in [-0.05, 0) is 50.9 Å². The standard InChI is InChI=1S/C22H33N5O7S/c1-2-12-24-35(32,33)26-20(30)22-11-8-13-27(22)18(28)17(34-21(23)31)10-7-5-3-4-6-9-15-14-16(15)25-19(22)29/h2,6,9,15-17,24H,1,3-5,7-8,10-14H2,(H2,23,31)(H,25,29)(H,26,30)/b9-6-. The van der Waals surface area contributed by atoms with E-state index in [-0.39, 0.29) is 44.3 Å². The molecule has 2 aliphatic heterocycles. The Balaban J connectivity index is 1.97. The highest BCUT2D eigenvalue weighted by Crippen LogP contribution is 2.36. The number of rotatable bonds is 6. The van der Waals surface area contributed by atoms with E-state index in [1.165, 1.54) is 6.08 Å². The predicted octanol–water partition coefficient (Wildman–Crippen LogP) is -0.0269. The molecule has 0 bridgehead atoms. The first-order valence-corrected chi connectivity index (χ1v) is 13.3. The lowest BCUT2D eigenvalue weighted by atomic mass is 9.92. The van der Waals surface area contributed by atoms with Crippen LogP contribution in [0.2, 0.25) is 0 Å². The number of nitrogens with zero attached hydrogens (tertiary/aromatic N) is 1. The maximum absolute atomic E-state index is 13.6. The molecule has 1 aliphatic carbocycles. The molecule has 3 aliphatic rings. The van der Waals surface area contributed by atoms with Gasteiger partial charge in [0.2, 0.25) is 5.54 Å². The van der Waals surface area contributed by atoms with Gasteiger partial charge in [0, 0.05) is 19.1 Å². The Morgan fingerprint density at radius 1 is 1.29 bits per heavy atom. The molecule has 2 fully saturated rings. The third-order valence-corrected chi connectivity index (χ3v) is 7.45. The van der Waals surface area contributed by atoms with Gasteiger partial charge in [-0.3, -0.25) is 14.4 Å². The Morgan fingerprint density at radius 3 is 2.77 bits per heavy atom. The molecule has 194 valence electrons. The number of allylic oxidation sites excluding steroid dienone is 1. The molecule has 3 rings (SSSR count). The molecule has 5 N–H and O–H groups in total. The number of primary amides is 1. The van der Waals surface area contributed by atoms with Crippen LogP contribution in [0.5, 0.6) is 0 Å². The second kappa shape index (κ2) is 11.2. The highest BCUT2D eigenvalue weighted by Gasteiger charge is 2.58. The molecule has 0 aromatic rings. The lowest BCUT2D eigenvalue weighted by molar-refractivity contribution is -0.157. The first-order chi connectivity index (χ1) is 16.6. The lowest BCUT2D eigenvalue weighted by Crippen LogP contribution is -2.68. The van der Waals surface area contributed by atoms with Crippen LogP contribution in [0.3, 0.4) is 0 Å². The fourth-order valence-electron chi connectivity index (χ4n) is 4.57. The third-order valence-electron chi connectivity index (χ3n) is 6.45. The highest BCUT2D eigenvalue weighted by molar-refractivity contribution is 7.88. The fourth-order valence-corrected chi connectivity index (χ4v) is 5.39. The number of hydrogen-bond donors (Lipinski definition) is 4. The largest absolute Gasteiger partial charge is 0.436 e. The second-order valence-corrected chi connectivity index (χ2v) is 10.5. The van der Waals surface area contributed by atoms with Crippen molar-refractivity contribution in [2.75, 3.05) is 13.1 Å². The minimum atomic E-state index is -4.33. The molecule has 0 spiro atoms. The molecule has 1 saturated carbocycles. The Morgan fingerprint density at radius 2 is 2.06 bits per heavy atom. The lowest BCUT2D eigenvalue weighted by Gasteiger charge is -2.37. The normalized spacial score (nSPS) is 30.5. The van der Waals surface area contributed by atoms with Gasteiger partial charge in [-0.15, -0.1) is 6.58 Å². The topological polar surface area (TPSA) is 177 Å². The summed E-state index contributed by atoms with van der Waals surface area (Å²) in [5.41, 5.74) is 3.05. The first kappa shape index (κ1) is 26.7. The number of nitrogens with one attached hydrogen (secondary N) is 3. The zero-order valence-electron chi connectivity index (χ0n) is 19.5. The summed E-state index contributed by atoms with van der Waals surface area (Å²) in [6.45, 7) is 3.28. The molecule has 13 heteroatoms. The summed E-state index contributed by atoms with van der Waals surface area (Å²) < 4.78 is 33.8. The van der Waals surface area contributed by atoms with Crippen molar-refractivity contribution in [2.45, 2.75) is 69.1 Å². The number of fused-ring (bicyclic) bond motifs is 2. The number of nitrogens with two attached hydrogens (primary N) is 1. The van der Waals surface area contributed by atoms with Crippen molar-refractivity contribution in [2.24, 2.45) is 11.7 Å². The Kier molecular flexibility index (Phi) is 8.54. The van der Waals surface area contributed by atoms with E-state index >= 15 is 0 Å². The summed E-state index contributed by atoms with van der Waals surface area (Å²) in [7, 11) is -4.33. The van der Waals surface area contributed by atoms with Crippen LogP contribution in [0.15, 0.2) is 24.8 Å². The number of ether oxygens (including phenoxy) is 1. The molecule has 0 aromatic heterocycles. The summed E-state index contributed by atoms with van der Waals surface area (Å²) in [6.07, 6.45) is 6.97. The van der Waals surface area contributed by atoms with Crippen molar-refractivity contribution in [3.05, 3.63) is 24.8 Å². The van der Waals surface area contributed by atoms with Crippen molar-refractivity contribution in [1.29, 1.82) is 0 Å². The van der Waals surface area contributed by atoms with Gasteiger partial charge in [0.25, 0.3) is 17.7 Å². The quantitative estimate of drug-likeness (QED) is 0.286. The van der Waals surface area contributed by atoms with Crippen molar-refractivity contribution in [1.82, 2.24) is 19.7 Å². The molecule has 35 heavy (non-hydrogen) atoms. The second-order valence-electron chi connectivity index (χ2n) is 9.00. The molecule has 1 saturated heterocycles. The maximum atomic E-state index is 13.6. The first-order valence-electron chi connectivity index (χ1n) is 11.8. The van der Waals surface area contributed by atoms with E-state index in [2.05, 4.69) is 16.6 Å². The minimum absolute atomic E-state index is 0.00638. The van der Waals surface area contributed by atoms with Gasteiger partial charge in [-0.25, -0.2) is 9.52 Å². The van der Waals surface area contributed by atoms with Gasteiger partial charge in [0.15, 0.2) is 6.10 Å². The molecule has 2 heterocycles. The average Bonchev–Trinajstić information content (AvgIpc) is 3.35. The van der Waals surface area contributed by atoms with Crippen LogP contribution in [0, 0.1) is 5.92 Å². The molecule has 12 nitrogen and oxygen atoms in total. The van der Waals surface area contributed by atoms with Crippen molar-refractivity contribution < 1.29 is 32.3 Å². The molecule has 4 atom stereocenters. The smallest absolute Gasteiger partial charge is 0.405 e. The number of hydrogen-bond acceptors (Lipinski definition) is 7. The van der Waals surface area contributed by atoms with Crippen LogP contribution < -0.4 is 20.5 Å². The Hall–Kier alpha value is -2.93. The average molecular weight is 512 g/mol. The summed E-state index contributed by atoms with van der Waals surface area (Å²) >= 11 is 0. The SMILES string of the molecule is C=CCNS(=O)(=O)NC(=O)C12CCCN1C(=O)C(OC(N)=O)CCCCC/C=C\C1CC1NC2=O. The number of carbonyl (C=O) groups excluding carboxylic acids is 4. The van der Waals surface area contributed by atoms with Crippen molar-refractivity contribution >= 4 is 34.0 Å². The Bertz CT molecular complexity index is 998. The molecule has 0 radical (unpaired) electrons. The monoisotopic (exact) mass is 511 g/mol. The van der Waals surface area contributed by atoms with E-state index in [9.17, 15) is 27.6 Å². The third kappa shape index (κ3) is 6.40. The van der Waals surface area contributed by atoms with Crippen molar-refractivity contribution in [3.63, 3.8) is 0 Å². The van der Waals surface area contributed by atoms with E-state index in [1.807, 2.05) is 16.9 Å². The van der Waals surface area contributed by atoms with Gasteiger partial charge in [-0.1, -0.05) is 24.6 Å². The molecular formula is C22H33N5O7S. The van der Waals surface area contributed by atoms with E-state index in [0.717, 1.165) is 24.2 Å². The zero-order valence-corrected chi connectivity index (χ0v) is 20.3. The van der Waals surface area contributed by atoms with Gasteiger partial charge in [0.05, 0.1) is 0 Å².